The van der Waals surface area contributed by atoms with E-state index in [4.69, 9.17) is 10.5 Å². The minimum Gasteiger partial charge on any atom is -0.491 e. The molecule has 0 radical (unpaired) electrons. The highest BCUT2D eigenvalue weighted by Gasteiger charge is 2.15. The van der Waals surface area contributed by atoms with Crippen LogP contribution in [0.3, 0.4) is 0 Å². The van der Waals surface area contributed by atoms with Crippen LogP contribution in [0.2, 0.25) is 0 Å². The summed E-state index contributed by atoms with van der Waals surface area (Å²) in [7, 11) is 0. The van der Waals surface area contributed by atoms with Gasteiger partial charge in [-0.25, -0.2) is 9.37 Å². The van der Waals surface area contributed by atoms with Crippen LogP contribution in [0.5, 0.6) is 5.75 Å². The molecule has 0 amide bonds. The van der Waals surface area contributed by atoms with Crippen molar-refractivity contribution in [1.82, 2.24) is 4.98 Å². The van der Waals surface area contributed by atoms with Crippen molar-refractivity contribution in [1.29, 1.82) is 0 Å². The van der Waals surface area contributed by atoms with E-state index >= 15 is 0 Å². The van der Waals surface area contributed by atoms with Crippen LogP contribution in [0.15, 0.2) is 37.0 Å². The Morgan fingerprint density at radius 3 is 2.81 bits per heavy atom. The third-order valence-electron chi connectivity index (χ3n) is 2.86. The van der Waals surface area contributed by atoms with Gasteiger partial charge in [-0.2, -0.15) is 0 Å². The van der Waals surface area contributed by atoms with Crippen LogP contribution in [0.4, 0.5) is 10.2 Å². The quantitative estimate of drug-likeness (QED) is 0.784. The van der Waals surface area contributed by atoms with Crippen LogP contribution in [0.25, 0.3) is 5.57 Å². The minimum atomic E-state index is -0.407. The van der Waals surface area contributed by atoms with Crippen LogP contribution in [0, 0.1) is 9.39 Å². The summed E-state index contributed by atoms with van der Waals surface area (Å²) >= 11 is 1.91. The minimum absolute atomic E-state index is 0.0783. The predicted octanol–water partition coefficient (Wildman–Crippen LogP) is 4.26. The highest BCUT2D eigenvalue weighted by atomic mass is 127. The molecule has 2 N–H and O–H groups in total. The number of hydrogen-bond acceptors (Lipinski definition) is 3. The highest BCUT2D eigenvalue weighted by Crippen LogP contribution is 2.32. The third-order valence-corrected chi connectivity index (χ3v) is 3.91. The summed E-state index contributed by atoms with van der Waals surface area (Å²) in [6, 6.07) is 7.49. The Kier molecular flexibility index (Phi) is 4.82. The van der Waals surface area contributed by atoms with E-state index in [1.165, 1.54) is 0 Å². The Morgan fingerprint density at radius 2 is 2.14 bits per heavy atom. The fourth-order valence-corrected chi connectivity index (χ4v) is 2.68. The number of hydrogen-bond donors (Lipinski definition) is 1. The van der Waals surface area contributed by atoms with Crippen molar-refractivity contribution in [2.75, 3.05) is 5.73 Å². The average molecular weight is 398 g/mol. The number of nitrogens with two attached hydrogens (primary N) is 1. The molecule has 0 saturated heterocycles. The standard InChI is InChI=1S/C16H16FIN2O/c1-9(2)21-12-6-4-5-11(7-12)10(3)14-15(18)13(17)8-20-16(14)19/h4-9H,3H2,1-2H3,(H2,19,20). The summed E-state index contributed by atoms with van der Waals surface area (Å²) in [6.07, 6.45) is 1.20. The van der Waals surface area contributed by atoms with E-state index < -0.39 is 5.82 Å². The molecule has 2 aromatic rings. The Morgan fingerprint density at radius 1 is 1.43 bits per heavy atom. The molecule has 0 aliphatic heterocycles. The number of ether oxygens (including phenoxy) is 1. The molecule has 0 aliphatic carbocycles. The average Bonchev–Trinajstić information content (AvgIpc) is 2.43. The lowest BCUT2D eigenvalue weighted by molar-refractivity contribution is 0.242. The summed E-state index contributed by atoms with van der Waals surface area (Å²) in [5, 5.41) is 0. The van der Waals surface area contributed by atoms with Crippen LogP contribution < -0.4 is 10.5 Å². The van der Waals surface area contributed by atoms with Gasteiger partial charge in [-0.3, -0.25) is 0 Å². The van der Waals surface area contributed by atoms with E-state index in [0.717, 1.165) is 17.5 Å². The molecule has 0 saturated carbocycles. The molecule has 5 heteroatoms. The molecule has 0 bridgehead atoms. The molecular formula is C16H16FIN2O. The number of nitrogen functional groups attached to an aromatic ring is 1. The molecule has 21 heavy (non-hydrogen) atoms. The van der Waals surface area contributed by atoms with Gasteiger partial charge >= 0.3 is 0 Å². The molecule has 0 unspecified atom stereocenters. The summed E-state index contributed by atoms with van der Waals surface area (Å²) < 4.78 is 19.8. The first-order valence-electron chi connectivity index (χ1n) is 6.46. The van der Waals surface area contributed by atoms with Gasteiger partial charge in [0, 0.05) is 5.56 Å². The van der Waals surface area contributed by atoms with Gasteiger partial charge in [0.1, 0.15) is 11.6 Å². The maximum absolute atomic E-state index is 13.7. The SMILES string of the molecule is C=C(c1cccc(OC(C)C)c1)c1c(N)ncc(F)c1I. The van der Waals surface area contributed by atoms with Gasteiger partial charge in [-0.15, -0.1) is 0 Å². The second-order valence-corrected chi connectivity index (χ2v) is 5.93. The Hall–Kier alpha value is -1.63. The number of benzene rings is 1. The Balaban J connectivity index is 2.43. The highest BCUT2D eigenvalue weighted by molar-refractivity contribution is 14.1. The summed E-state index contributed by atoms with van der Waals surface area (Å²) in [5.74, 6) is 0.595. The van der Waals surface area contributed by atoms with Gasteiger partial charge in [-0.1, -0.05) is 18.7 Å². The molecule has 0 spiro atoms. The zero-order valence-electron chi connectivity index (χ0n) is 11.9. The van der Waals surface area contributed by atoms with Crippen molar-refractivity contribution in [2.45, 2.75) is 20.0 Å². The van der Waals surface area contributed by atoms with E-state index in [1.807, 2.05) is 60.7 Å². The summed E-state index contributed by atoms with van der Waals surface area (Å²) in [5.41, 5.74) is 7.85. The van der Waals surface area contributed by atoms with Gasteiger partial charge < -0.3 is 10.5 Å². The summed E-state index contributed by atoms with van der Waals surface area (Å²) in [4.78, 5) is 3.86. The number of halogens is 2. The molecule has 110 valence electrons. The maximum Gasteiger partial charge on any atom is 0.155 e. The van der Waals surface area contributed by atoms with Crippen LogP contribution in [-0.4, -0.2) is 11.1 Å². The zero-order valence-corrected chi connectivity index (χ0v) is 14.0. The number of anilines is 1. The first-order chi connectivity index (χ1) is 9.90. The van der Waals surface area contributed by atoms with Crippen LogP contribution in [0.1, 0.15) is 25.0 Å². The number of nitrogens with zero attached hydrogens (tertiary/aromatic N) is 1. The zero-order chi connectivity index (χ0) is 15.6. The molecule has 1 heterocycles. The van der Waals surface area contributed by atoms with Gasteiger partial charge in [0.2, 0.25) is 0 Å². The first-order valence-corrected chi connectivity index (χ1v) is 7.54. The molecule has 0 atom stereocenters. The molecule has 1 aromatic carbocycles. The Labute approximate surface area is 137 Å². The topological polar surface area (TPSA) is 48.1 Å². The first kappa shape index (κ1) is 15.8. The van der Waals surface area contributed by atoms with E-state index in [2.05, 4.69) is 11.6 Å². The Bertz CT molecular complexity index is 686. The lowest BCUT2D eigenvalue weighted by Crippen LogP contribution is -2.06. The van der Waals surface area contributed by atoms with Crippen LogP contribution >= 0.6 is 22.6 Å². The molecule has 3 nitrogen and oxygen atoms in total. The van der Waals surface area contributed by atoms with Crippen molar-refractivity contribution in [2.24, 2.45) is 0 Å². The molecular weight excluding hydrogens is 382 g/mol. The van der Waals surface area contributed by atoms with Crippen molar-refractivity contribution >= 4 is 34.0 Å². The second kappa shape index (κ2) is 6.43. The molecule has 1 aromatic heterocycles. The smallest absolute Gasteiger partial charge is 0.155 e. The predicted molar refractivity (Wildman–Crippen MR) is 91.7 cm³/mol. The van der Waals surface area contributed by atoms with Crippen molar-refractivity contribution < 1.29 is 9.13 Å². The largest absolute Gasteiger partial charge is 0.491 e. The lowest BCUT2D eigenvalue weighted by atomic mass is 10.00. The molecule has 0 fully saturated rings. The van der Waals surface area contributed by atoms with Crippen molar-refractivity contribution in [3.05, 3.63) is 57.6 Å². The molecule has 0 aliphatic rings. The van der Waals surface area contributed by atoms with Gasteiger partial charge in [-0.05, 0) is 59.7 Å². The van der Waals surface area contributed by atoms with Gasteiger partial charge in [0.15, 0.2) is 5.82 Å². The maximum atomic E-state index is 13.7. The van der Waals surface area contributed by atoms with E-state index in [0.29, 0.717) is 14.7 Å². The monoisotopic (exact) mass is 398 g/mol. The number of pyridine rings is 1. The van der Waals surface area contributed by atoms with E-state index in [9.17, 15) is 4.39 Å². The number of rotatable bonds is 4. The molecule has 2 rings (SSSR count). The number of aromatic nitrogens is 1. The summed E-state index contributed by atoms with van der Waals surface area (Å²) in [6.45, 7) is 7.95. The van der Waals surface area contributed by atoms with Gasteiger partial charge in [0.05, 0.1) is 15.9 Å². The third kappa shape index (κ3) is 3.53. The van der Waals surface area contributed by atoms with Crippen molar-refractivity contribution in [3.8, 4) is 5.75 Å². The van der Waals surface area contributed by atoms with E-state index in [1.54, 1.807) is 0 Å². The van der Waals surface area contributed by atoms with Crippen LogP contribution in [-0.2, 0) is 0 Å². The second-order valence-electron chi connectivity index (χ2n) is 4.85. The van der Waals surface area contributed by atoms with E-state index in [-0.39, 0.29) is 11.9 Å². The fourth-order valence-electron chi connectivity index (χ4n) is 1.94. The lowest BCUT2D eigenvalue weighted by Gasteiger charge is -2.14. The van der Waals surface area contributed by atoms with Crippen molar-refractivity contribution in [3.63, 3.8) is 0 Å². The van der Waals surface area contributed by atoms with Gasteiger partial charge in [0.25, 0.3) is 0 Å². The fraction of sp³-hybridized carbons (Fsp3) is 0.188. The normalized spacial score (nSPS) is 10.7.